The van der Waals surface area contributed by atoms with Crippen LogP contribution in [-0.4, -0.2) is 29.1 Å². The fourth-order valence-electron chi connectivity index (χ4n) is 3.52. The number of likely N-dealkylation sites (tertiary alicyclic amines) is 1. The summed E-state index contributed by atoms with van der Waals surface area (Å²) < 4.78 is 5.62. The van der Waals surface area contributed by atoms with Gasteiger partial charge in [0.2, 0.25) is 5.76 Å². The molecule has 1 aromatic heterocycles. The molecular weight excluding hydrogens is 338 g/mol. The molecule has 0 amide bonds. The van der Waals surface area contributed by atoms with E-state index in [0.717, 1.165) is 30.6 Å². The van der Waals surface area contributed by atoms with E-state index in [-0.39, 0.29) is 5.76 Å². The van der Waals surface area contributed by atoms with E-state index in [1.165, 1.54) is 12.8 Å². The van der Waals surface area contributed by atoms with Gasteiger partial charge in [-0.25, -0.2) is 4.79 Å². The molecule has 5 heteroatoms. The fourth-order valence-corrected chi connectivity index (χ4v) is 3.75. The molecule has 4 rings (SSSR count). The molecule has 2 aromatic carbocycles. The molecule has 0 spiro atoms. The molecule has 1 saturated heterocycles. The van der Waals surface area contributed by atoms with Crippen LogP contribution < -0.4 is 0 Å². The lowest BCUT2D eigenvalue weighted by Gasteiger charge is -2.14. The molecule has 3 aromatic rings. The zero-order chi connectivity index (χ0) is 17.4. The summed E-state index contributed by atoms with van der Waals surface area (Å²) in [4.78, 5) is 14.1. The summed E-state index contributed by atoms with van der Waals surface area (Å²) in [5.74, 6) is -1.16. The maximum absolute atomic E-state index is 11.7. The lowest BCUT2D eigenvalue weighted by atomic mass is 10.0. The minimum absolute atomic E-state index is 0.0681. The first-order valence-corrected chi connectivity index (χ1v) is 8.77. The number of furan rings is 1. The van der Waals surface area contributed by atoms with Crippen LogP contribution in [-0.2, 0) is 6.54 Å². The molecule has 0 atom stereocenters. The van der Waals surface area contributed by atoms with Crippen molar-refractivity contribution in [3.8, 4) is 11.1 Å². The van der Waals surface area contributed by atoms with Gasteiger partial charge < -0.3 is 9.52 Å². The monoisotopic (exact) mass is 355 g/mol. The first kappa shape index (κ1) is 16.2. The second-order valence-corrected chi connectivity index (χ2v) is 6.81. The summed E-state index contributed by atoms with van der Waals surface area (Å²) >= 11 is 6.33. The number of rotatable bonds is 4. The molecule has 4 nitrogen and oxygen atoms in total. The highest BCUT2D eigenvalue weighted by Crippen LogP contribution is 2.39. The first-order chi connectivity index (χ1) is 12.1. The third-order valence-electron chi connectivity index (χ3n) is 4.69. The number of nitrogens with zero attached hydrogens (tertiary/aromatic N) is 1. The van der Waals surface area contributed by atoms with Crippen molar-refractivity contribution >= 4 is 28.5 Å². The average Bonchev–Trinajstić information content (AvgIpc) is 3.23. The Balaban J connectivity index is 1.87. The highest BCUT2D eigenvalue weighted by molar-refractivity contribution is 6.34. The summed E-state index contributed by atoms with van der Waals surface area (Å²) in [6.45, 7) is 3.09. The second-order valence-electron chi connectivity index (χ2n) is 6.40. The third-order valence-corrected chi connectivity index (χ3v) is 5.02. The van der Waals surface area contributed by atoms with Crippen molar-refractivity contribution in [2.24, 2.45) is 0 Å². The van der Waals surface area contributed by atoms with Gasteiger partial charge >= 0.3 is 5.97 Å². The first-order valence-electron chi connectivity index (χ1n) is 8.39. The van der Waals surface area contributed by atoms with Crippen LogP contribution in [0.1, 0.15) is 29.0 Å². The van der Waals surface area contributed by atoms with Gasteiger partial charge in [-0.15, -0.1) is 0 Å². The van der Waals surface area contributed by atoms with Crippen LogP contribution in [0.5, 0.6) is 0 Å². The Kier molecular flexibility index (Phi) is 4.24. The largest absolute Gasteiger partial charge is 0.475 e. The zero-order valence-corrected chi connectivity index (χ0v) is 14.4. The van der Waals surface area contributed by atoms with Crippen LogP contribution in [0.25, 0.3) is 22.1 Å². The molecule has 0 saturated carbocycles. The van der Waals surface area contributed by atoms with E-state index >= 15 is 0 Å². The number of hydrogen-bond donors (Lipinski definition) is 1. The van der Waals surface area contributed by atoms with Crippen LogP contribution in [0.3, 0.4) is 0 Å². The SMILES string of the molecule is O=C(O)c1oc2ccc(CN3CCCC3)cc2c1-c1ccccc1Cl. The smallest absolute Gasteiger partial charge is 0.372 e. The fraction of sp³-hybridized carbons (Fsp3) is 0.250. The van der Waals surface area contributed by atoms with E-state index in [4.69, 9.17) is 16.0 Å². The topological polar surface area (TPSA) is 53.7 Å². The maximum Gasteiger partial charge on any atom is 0.372 e. The highest BCUT2D eigenvalue weighted by Gasteiger charge is 2.23. The van der Waals surface area contributed by atoms with Crippen molar-refractivity contribution in [1.29, 1.82) is 0 Å². The molecular formula is C20H18ClNO3. The van der Waals surface area contributed by atoms with Crippen LogP contribution in [0.15, 0.2) is 46.9 Å². The highest BCUT2D eigenvalue weighted by atomic mass is 35.5. The van der Waals surface area contributed by atoms with Crippen LogP contribution in [0.4, 0.5) is 0 Å². The number of halogens is 1. The van der Waals surface area contributed by atoms with Crippen molar-refractivity contribution in [3.05, 3.63) is 58.8 Å². The van der Waals surface area contributed by atoms with Crippen molar-refractivity contribution in [2.75, 3.05) is 13.1 Å². The molecule has 1 aliphatic rings. The quantitative estimate of drug-likeness (QED) is 0.711. The minimum Gasteiger partial charge on any atom is -0.475 e. The zero-order valence-electron chi connectivity index (χ0n) is 13.7. The Morgan fingerprint density at radius 2 is 1.92 bits per heavy atom. The van der Waals surface area contributed by atoms with Gasteiger partial charge in [0.15, 0.2) is 0 Å². The molecule has 0 aliphatic carbocycles. The number of carbonyl (C=O) groups is 1. The number of hydrogen-bond acceptors (Lipinski definition) is 3. The van der Waals surface area contributed by atoms with E-state index < -0.39 is 5.97 Å². The average molecular weight is 356 g/mol. The standard InChI is InChI=1S/C20H18ClNO3/c21-16-6-2-1-5-14(16)18-15-11-13(12-22-9-3-4-10-22)7-8-17(15)25-19(18)20(23)24/h1-2,5-8,11H,3-4,9-10,12H2,(H,23,24). The van der Waals surface area contributed by atoms with Crippen LogP contribution in [0.2, 0.25) is 5.02 Å². The Bertz CT molecular complexity index is 941. The van der Waals surface area contributed by atoms with E-state index in [2.05, 4.69) is 4.90 Å². The predicted molar refractivity (Wildman–Crippen MR) is 98.1 cm³/mol. The van der Waals surface area contributed by atoms with E-state index in [9.17, 15) is 9.90 Å². The van der Waals surface area contributed by atoms with Gasteiger partial charge in [-0.1, -0.05) is 35.9 Å². The summed E-state index contributed by atoms with van der Waals surface area (Å²) in [5.41, 5.74) is 2.95. The molecule has 0 unspecified atom stereocenters. The van der Waals surface area contributed by atoms with Crippen molar-refractivity contribution < 1.29 is 14.3 Å². The Morgan fingerprint density at radius 1 is 1.16 bits per heavy atom. The van der Waals surface area contributed by atoms with Crippen molar-refractivity contribution in [1.82, 2.24) is 4.90 Å². The number of fused-ring (bicyclic) bond motifs is 1. The molecule has 25 heavy (non-hydrogen) atoms. The van der Waals surface area contributed by atoms with Gasteiger partial charge in [-0.2, -0.15) is 0 Å². The van der Waals surface area contributed by atoms with Gasteiger partial charge in [-0.3, -0.25) is 4.90 Å². The number of aromatic carboxylic acids is 1. The lowest BCUT2D eigenvalue weighted by Crippen LogP contribution is -2.18. The van der Waals surface area contributed by atoms with Crippen molar-refractivity contribution in [2.45, 2.75) is 19.4 Å². The summed E-state index contributed by atoms with van der Waals surface area (Å²) in [6, 6.07) is 13.1. The molecule has 2 heterocycles. The van der Waals surface area contributed by atoms with E-state index in [1.807, 2.05) is 36.4 Å². The normalized spacial score (nSPS) is 15.1. The van der Waals surface area contributed by atoms with E-state index in [0.29, 0.717) is 21.7 Å². The van der Waals surface area contributed by atoms with Crippen LogP contribution >= 0.6 is 11.6 Å². The predicted octanol–water partition coefficient (Wildman–Crippen LogP) is 5.05. The summed E-state index contributed by atoms with van der Waals surface area (Å²) in [5, 5.41) is 10.9. The molecule has 1 N–H and O–H groups in total. The molecule has 128 valence electrons. The van der Waals surface area contributed by atoms with E-state index in [1.54, 1.807) is 6.07 Å². The lowest BCUT2D eigenvalue weighted by molar-refractivity contribution is 0.0666. The van der Waals surface area contributed by atoms with Gasteiger partial charge in [0.1, 0.15) is 5.58 Å². The summed E-state index contributed by atoms with van der Waals surface area (Å²) in [7, 11) is 0. The summed E-state index contributed by atoms with van der Waals surface area (Å²) in [6.07, 6.45) is 2.48. The number of carboxylic acid groups (broad SMARTS) is 1. The molecule has 0 bridgehead atoms. The Labute approximate surface area is 150 Å². The van der Waals surface area contributed by atoms with Gasteiger partial charge in [0.05, 0.1) is 0 Å². The third kappa shape index (κ3) is 3.03. The molecule has 0 radical (unpaired) electrons. The Hall–Kier alpha value is -2.30. The minimum atomic E-state index is -1.09. The van der Waals surface area contributed by atoms with Crippen LogP contribution in [0, 0.1) is 0 Å². The number of benzene rings is 2. The van der Waals surface area contributed by atoms with Gasteiger partial charge in [-0.05, 0) is 49.7 Å². The molecule has 1 aliphatic heterocycles. The van der Waals surface area contributed by atoms with Gasteiger partial charge in [0, 0.05) is 28.1 Å². The maximum atomic E-state index is 11.7. The Morgan fingerprint density at radius 3 is 2.64 bits per heavy atom. The van der Waals surface area contributed by atoms with Crippen molar-refractivity contribution in [3.63, 3.8) is 0 Å². The van der Waals surface area contributed by atoms with Gasteiger partial charge in [0.25, 0.3) is 0 Å². The second kappa shape index (κ2) is 6.54. The molecule has 1 fully saturated rings. The number of carboxylic acids is 1.